The number of piperidine rings is 2. The molecule has 1 aromatic rings. The Morgan fingerprint density at radius 1 is 1.25 bits per heavy atom. The lowest BCUT2D eigenvalue weighted by molar-refractivity contribution is 0.00902. The van der Waals surface area contributed by atoms with Gasteiger partial charge in [0.1, 0.15) is 5.60 Å². The summed E-state index contributed by atoms with van der Waals surface area (Å²) in [6.45, 7) is 3.79. The number of hydrogen-bond acceptors (Lipinski definition) is 4. The molecule has 0 aromatic heterocycles. The van der Waals surface area contributed by atoms with Crippen molar-refractivity contribution in [3.63, 3.8) is 0 Å². The minimum Gasteiger partial charge on any atom is -0.441 e. The molecule has 28 heavy (non-hydrogen) atoms. The topological polar surface area (TPSA) is 73.9 Å². The van der Waals surface area contributed by atoms with E-state index in [0.717, 1.165) is 25.9 Å². The molecule has 1 spiro atoms. The van der Waals surface area contributed by atoms with Crippen molar-refractivity contribution < 1.29 is 14.3 Å². The first-order chi connectivity index (χ1) is 13.5. The van der Waals surface area contributed by atoms with Gasteiger partial charge < -0.3 is 25.2 Å². The van der Waals surface area contributed by atoms with Crippen LogP contribution in [0, 0.1) is 5.92 Å². The van der Waals surface area contributed by atoms with E-state index in [1.807, 2.05) is 11.0 Å². The van der Waals surface area contributed by atoms with Crippen LogP contribution in [0.5, 0.6) is 0 Å². The molecule has 0 bridgehead atoms. The number of carbonyl (C=O) groups is 2. The number of carbonyl (C=O) groups excluding carboxylic acids is 2. The lowest BCUT2D eigenvalue weighted by atomic mass is 9.87. The SMILES string of the molecule is CN1CC[C@@H](NC(=O)N2CCC3(CC2)CNC(=O)O3)[C@@H](Cc2ccccc2)C1. The third kappa shape index (κ3) is 4.24. The Balaban J connectivity index is 1.34. The van der Waals surface area contributed by atoms with Crippen molar-refractivity contribution in [1.29, 1.82) is 0 Å². The van der Waals surface area contributed by atoms with E-state index in [1.54, 1.807) is 0 Å². The first-order valence-corrected chi connectivity index (χ1v) is 10.3. The van der Waals surface area contributed by atoms with Gasteiger partial charge in [0.05, 0.1) is 6.54 Å². The summed E-state index contributed by atoms with van der Waals surface area (Å²) in [4.78, 5) is 28.5. The lowest BCUT2D eigenvalue weighted by Gasteiger charge is -2.40. The van der Waals surface area contributed by atoms with E-state index in [1.165, 1.54) is 5.56 Å². The maximum absolute atomic E-state index is 12.9. The summed E-state index contributed by atoms with van der Waals surface area (Å²) in [6.07, 6.45) is 2.99. The second-order valence-electron chi connectivity index (χ2n) is 8.47. The van der Waals surface area contributed by atoms with Crippen LogP contribution >= 0.6 is 0 Å². The number of ether oxygens (including phenoxy) is 1. The number of benzene rings is 1. The Kier molecular flexibility index (Phi) is 5.44. The van der Waals surface area contributed by atoms with Crippen molar-refractivity contribution in [3.05, 3.63) is 35.9 Å². The van der Waals surface area contributed by atoms with Crippen LogP contribution in [0.1, 0.15) is 24.8 Å². The van der Waals surface area contributed by atoms with Crippen molar-refractivity contribution in [2.75, 3.05) is 39.8 Å². The third-order valence-corrected chi connectivity index (χ3v) is 6.41. The average Bonchev–Trinajstić information content (AvgIpc) is 3.05. The standard InChI is InChI=1S/C21H30N4O3/c1-24-10-7-18(17(14-24)13-16-5-3-2-4-6-16)23-19(26)25-11-8-21(9-12-25)15-22-20(27)28-21/h2-6,17-18H,7-15H2,1H3,(H,22,27)(H,23,26)/t17-,18+/m0/s1. The van der Waals surface area contributed by atoms with Crippen molar-refractivity contribution in [1.82, 2.24) is 20.4 Å². The number of urea groups is 1. The van der Waals surface area contributed by atoms with E-state index < -0.39 is 5.60 Å². The predicted molar refractivity (Wildman–Crippen MR) is 106 cm³/mol. The Morgan fingerprint density at radius 3 is 2.68 bits per heavy atom. The van der Waals surface area contributed by atoms with Crippen molar-refractivity contribution in [2.45, 2.75) is 37.3 Å². The highest BCUT2D eigenvalue weighted by molar-refractivity contribution is 5.75. The van der Waals surface area contributed by atoms with Crippen molar-refractivity contribution in [2.24, 2.45) is 5.92 Å². The summed E-state index contributed by atoms with van der Waals surface area (Å²) >= 11 is 0. The number of rotatable bonds is 3. The van der Waals surface area contributed by atoms with Gasteiger partial charge in [0.15, 0.2) is 0 Å². The molecule has 3 amide bonds. The van der Waals surface area contributed by atoms with E-state index in [4.69, 9.17) is 4.74 Å². The molecule has 2 atom stereocenters. The molecule has 7 heteroatoms. The minimum atomic E-state index is -0.419. The molecule has 7 nitrogen and oxygen atoms in total. The molecule has 0 aliphatic carbocycles. The fourth-order valence-electron chi connectivity index (χ4n) is 4.68. The predicted octanol–water partition coefficient (Wildman–Crippen LogP) is 1.83. The zero-order valence-corrected chi connectivity index (χ0v) is 16.5. The molecule has 0 saturated carbocycles. The third-order valence-electron chi connectivity index (χ3n) is 6.41. The number of alkyl carbamates (subject to hydrolysis) is 1. The quantitative estimate of drug-likeness (QED) is 0.831. The smallest absolute Gasteiger partial charge is 0.407 e. The Labute approximate surface area is 166 Å². The molecular weight excluding hydrogens is 356 g/mol. The molecule has 2 N–H and O–H groups in total. The fraction of sp³-hybridized carbons (Fsp3) is 0.619. The zero-order valence-electron chi connectivity index (χ0n) is 16.5. The molecule has 3 heterocycles. The maximum Gasteiger partial charge on any atom is 0.407 e. The molecule has 0 unspecified atom stereocenters. The van der Waals surface area contributed by atoms with Crippen LogP contribution in [-0.4, -0.2) is 73.3 Å². The molecule has 1 aromatic carbocycles. The van der Waals surface area contributed by atoms with Crippen LogP contribution in [0.3, 0.4) is 0 Å². The Morgan fingerprint density at radius 2 is 2.00 bits per heavy atom. The molecule has 3 fully saturated rings. The van der Waals surface area contributed by atoms with Gasteiger partial charge in [-0.05, 0) is 37.9 Å². The van der Waals surface area contributed by atoms with Gasteiger partial charge in [-0.15, -0.1) is 0 Å². The number of amides is 3. The van der Waals surface area contributed by atoms with E-state index >= 15 is 0 Å². The molecule has 152 valence electrons. The summed E-state index contributed by atoms with van der Waals surface area (Å²) in [5.41, 5.74) is 0.898. The van der Waals surface area contributed by atoms with Gasteiger partial charge in [-0.1, -0.05) is 30.3 Å². The van der Waals surface area contributed by atoms with Gasteiger partial charge in [0.2, 0.25) is 0 Å². The first-order valence-electron chi connectivity index (χ1n) is 10.3. The van der Waals surface area contributed by atoms with Gasteiger partial charge in [-0.2, -0.15) is 0 Å². The highest BCUT2D eigenvalue weighted by Gasteiger charge is 2.44. The van der Waals surface area contributed by atoms with Crippen molar-refractivity contribution in [3.8, 4) is 0 Å². The van der Waals surface area contributed by atoms with Crippen LogP contribution < -0.4 is 10.6 Å². The second-order valence-corrected chi connectivity index (χ2v) is 8.47. The van der Waals surface area contributed by atoms with Gasteiger partial charge in [-0.25, -0.2) is 9.59 Å². The van der Waals surface area contributed by atoms with Crippen molar-refractivity contribution >= 4 is 12.1 Å². The minimum absolute atomic E-state index is 0.0137. The highest BCUT2D eigenvalue weighted by atomic mass is 16.6. The zero-order chi connectivity index (χ0) is 19.6. The summed E-state index contributed by atoms with van der Waals surface area (Å²) in [7, 11) is 2.15. The first kappa shape index (κ1) is 19.1. The van der Waals surface area contributed by atoms with Crippen LogP contribution in [0.25, 0.3) is 0 Å². The van der Waals surface area contributed by atoms with E-state index in [-0.39, 0.29) is 18.2 Å². The van der Waals surface area contributed by atoms with Gasteiger partial charge >= 0.3 is 12.1 Å². The molecule has 3 aliphatic rings. The van der Waals surface area contributed by atoms with Crippen LogP contribution in [0.4, 0.5) is 9.59 Å². The summed E-state index contributed by atoms with van der Waals surface area (Å²) < 4.78 is 5.45. The monoisotopic (exact) mass is 386 g/mol. The Hall–Kier alpha value is -2.28. The summed E-state index contributed by atoms with van der Waals surface area (Å²) in [5.74, 6) is 0.404. The fourth-order valence-corrected chi connectivity index (χ4v) is 4.68. The average molecular weight is 386 g/mol. The van der Waals surface area contributed by atoms with Gasteiger partial charge in [0, 0.05) is 38.5 Å². The molecule has 4 rings (SSSR count). The Bertz CT molecular complexity index is 703. The highest BCUT2D eigenvalue weighted by Crippen LogP contribution is 2.29. The van der Waals surface area contributed by atoms with Crippen LogP contribution in [0.2, 0.25) is 0 Å². The number of nitrogens with zero attached hydrogens (tertiary/aromatic N) is 2. The number of hydrogen-bond donors (Lipinski definition) is 2. The van der Waals surface area contributed by atoms with Crippen LogP contribution in [0.15, 0.2) is 30.3 Å². The lowest BCUT2D eigenvalue weighted by Crippen LogP contribution is -2.56. The van der Waals surface area contributed by atoms with Crippen LogP contribution in [-0.2, 0) is 11.2 Å². The summed E-state index contributed by atoms with van der Waals surface area (Å²) in [6, 6.07) is 10.7. The van der Waals surface area contributed by atoms with Gasteiger partial charge in [-0.3, -0.25) is 0 Å². The van der Waals surface area contributed by atoms with Gasteiger partial charge in [0.25, 0.3) is 0 Å². The maximum atomic E-state index is 12.9. The largest absolute Gasteiger partial charge is 0.441 e. The second kappa shape index (κ2) is 7.99. The number of likely N-dealkylation sites (tertiary alicyclic amines) is 2. The van der Waals surface area contributed by atoms with E-state index in [9.17, 15) is 9.59 Å². The van der Waals surface area contributed by atoms with E-state index in [2.05, 4.69) is 46.8 Å². The molecule has 3 saturated heterocycles. The molecular formula is C21H30N4O3. The summed E-state index contributed by atoms with van der Waals surface area (Å²) in [5, 5.41) is 6.04. The molecule has 3 aliphatic heterocycles. The van der Waals surface area contributed by atoms with E-state index in [0.29, 0.717) is 38.4 Å². The number of nitrogens with one attached hydrogen (secondary N) is 2. The normalized spacial score (nSPS) is 27.3. The molecule has 0 radical (unpaired) electrons.